The predicted octanol–water partition coefficient (Wildman–Crippen LogP) is 5.27. The monoisotopic (exact) mass is 383 g/mol. The number of aliphatic hydroxyl groups excluding tert-OH is 2. The molecule has 0 aromatic rings. The zero-order valence-corrected chi connectivity index (χ0v) is 17.9. The molecule has 0 bridgehead atoms. The van der Waals surface area contributed by atoms with E-state index >= 15 is 0 Å². The zero-order valence-electron chi connectivity index (χ0n) is 17.9. The van der Waals surface area contributed by atoms with Crippen LogP contribution < -0.4 is 5.32 Å². The molecule has 0 aliphatic rings. The molecule has 2 unspecified atom stereocenters. The summed E-state index contributed by atoms with van der Waals surface area (Å²) in [5, 5.41) is 22.3. The second-order valence-corrected chi connectivity index (χ2v) is 7.70. The number of nitrogens with one attached hydrogen (secondary N) is 1. The van der Waals surface area contributed by atoms with Crippen molar-refractivity contribution in [3.8, 4) is 0 Å². The Morgan fingerprint density at radius 3 is 1.93 bits per heavy atom. The Balaban J connectivity index is 3.72. The Morgan fingerprint density at radius 1 is 0.852 bits per heavy atom. The van der Waals surface area contributed by atoms with Crippen molar-refractivity contribution >= 4 is 5.91 Å². The number of carbonyl (C=O) groups excluding carboxylic acids is 1. The number of carbonyl (C=O) groups is 1. The largest absolute Gasteiger partial charge is 0.394 e. The van der Waals surface area contributed by atoms with Crippen LogP contribution in [0.5, 0.6) is 0 Å². The summed E-state index contributed by atoms with van der Waals surface area (Å²) in [7, 11) is 0. The van der Waals surface area contributed by atoms with Gasteiger partial charge in [-0.15, -0.1) is 0 Å². The first-order valence-corrected chi connectivity index (χ1v) is 11.4. The van der Waals surface area contributed by atoms with Gasteiger partial charge in [-0.25, -0.2) is 0 Å². The van der Waals surface area contributed by atoms with Crippen molar-refractivity contribution in [3.63, 3.8) is 0 Å². The fourth-order valence-electron chi connectivity index (χ4n) is 3.17. The van der Waals surface area contributed by atoms with Crippen LogP contribution in [0.3, 0.4) is 0 Å². The lowest BCUT2D eigenvalue weighted by Crippen LogP contribution is -2.45. The average molecular weight is 384 g/mol. The zero-order chi connectivity index (χ0) is 20.2. The normalized spacial score (nSPS) is 13.8. The van der Waals surface area contributed by atoms with Crippen molar-refractivity contribution < 1.29 is 15.0 Å². The molecule has 0 aromatic heterocycles. The summed E-state index contributed by atoms with van der Waals surface area (Å²) >= 11 is 0. The van der Waals surface area contributed by atoms with Gasteiger partial charge in [-0.05, 0) is 19.3 Å². The van der Waals surface area contributed by atoms with Gasteiger partial charge in [0.25, 0.3) is 0 Å². The minimum Gasteiger partial charge on any atom is -0.394 e. The third-order valence-electron chi connectivity index (χ3n) is 5.02. The Kier molecular flexibility index (Phi) is 19.2. The number of hydrogen-bond donors (Lipinski definition) is 3. The Hall–Kier alpha value is -0.870. The highest BCUT2D eigenvalue weighted by atomic mass is 16.3. The molecule has 2 atom stereocenters. The van der Waals surface area contributed by atoms with Crippen LogP contribution in [0, 0.1) is 0 Å². The molecule has 0 fully saturated rings. The molecule has 0 rings (SSSR count). The number of rotatable bonds is 19. The van der Waals surface area contributed by atoms with Crippen LogP contribution in [0.1, 0.15) is 110 Å². The fourth-order valence-corrected chi connectivity index (χ4v) is 3.17. The standard InChI is InChI=1S/C23H45NO3/c1-3-5-7-9-10-11-12-13-15-17-19-23(27)24-21(20-25)22(26)18-16-14-8-6-4-2/h16,18,21-22,25-26H,3-15,17,19-20H2,1-2H3,(H,24,27)/b18-16+. The molecule has 0 aliphatic heterocycles. The molecule has 0 saturated heterocycles. The van der Waals surface area contributed by atoms with Gasteiger partial charge in [-0.3, -0.25) is 4.79 Å². The maximum atomic E-state index is 12.0. The van der Waals surface area contributed by atoms with E-state index in [1.54, 1.807) is 6.08 Å². The maximum Gasteiger partial charge on any atom is 0.220 e. The molecule has 0 spiro atoms. The smallest absolute Gasteiger partial charge is 0.220 e. The number of unbranched alkanes of at least 4 members (excludes halogenated alkanes) is 12. The van der Waals surface area contributed by atoms with Crippen molar-refractivity contribution in [2.45, 2.75) is 122 Å². The quantitative estimate of drug-likeness (QED) is 0.210. The van der Waals surface area contributed by atoms with Crippen molar-refractivity contribution in [1.29, 1.82) is 0 Å². The van der Waals surface area contributed by atoms with Gasteiger partial charge in [0.05, 0.1) is 18.8 Å². The van der Waals surface area contributed by atoms with Crippen LogP contribution in [0.4, 0.5) is 0 Å². The van der Waals surface area contributed by atoms with Crippen molar-refractivity contribution in [2.75, 3.05) is 6.61 Å². The Labute approximate surface area is 167 Å². The summed E-state index contributed by atoms with van der Waals surface area (Å²) in [5.41, 5.74) is 0. The van der Waals surface area contributed by atoms with E-state index in [4.69, 9.17) is 0 Å². The lowest BCUT2D eigenvalue weighted by atomic mass is 10.1. The molecule has 0 radical (unpaired) electrons. The van der Waals surface area contributed by atoms with Gasteiger partial charge in [0, 0.05) is 6.42 Å². The van der Waals surface area contributed by atoms with Crippen LogP contribution in [0.15, 0.2) is 12.2 Å². The average Bonchev–Trinajstić information content (AvgIpc) is 2.67. The van der Waals surface area contributed by atoms with E-state index in [9.17, 15) is 15.0 Å². The summed E-state index contributed by atoms with van der Waals surface area (Å²) in [4.78, 5) is 12.0. The van der Waals surface area contributed by atoms with E-state index < -0.39 is 12.1 Å². The first-order chi connectivity index (χ1) is 13.2. The summed E-state index contributed by atoms with van der Waals surface area (Å²) in [6.45, 7) is 4.15. The molecule has 160 valence electrons. The Morgan fingerprint density at radius 2 is 1.37 bits per heavy atom. The third kappa shape index (κ3) is 17.0. The lowest BCUT2D eigenvalue weighted by Gasteiger charge is -2.20. The second-order valence-electron chi connectivity index (χ2n) is 7.70. The number of aliphatic hydroxyl groups is 2. The van der Waals surface area contributed by atoms with E-state index in [1.165, 1.54) is 64.2 Å². The molecular formula is C23H45NO3. The highest BCUT2D eigenvalue weighted by molar-refractivity contribution is 5.76. The SMILES string of the molecule is CCCCC/C=C/C(O)C(CO)NC(=O)CCCCCCCCCCCC. The van der Waals surface area contributed by atoms with E-state index in [2.05, 4.69) is 19.2 Å². The minimum atomic E-state index is -0.826. The first-order valence-electron chi connectivity index (χ1n) is 11.4. The van der Waals surface area contributed by atoms with Gasteiger partial charge in [0.2, 0.25) is 5.91 Å². The van der Waals surface area contributed by atoms with Crippen LogP contribution in [0.2, 0.25) is 0 Å². The van der Waals surface area contributed by atoms with E-state index in [0.717, 1.165) is 25.7 Å². The second kappa shape index (κ2) is 19.9. The van der Waals surface area contributed by atoms with Gasteiger partial charge in [-0.2, -0.15) is 0 Å². The number of allylic oxidation sites excluding steroid dienone is 1. The third-order valence-corrected chi connectivity index (χ3v) is 5.02. The van der Waals surface area contributed by atoms with E-state index in [0.29, 0.717) is 6.42 Å². The molecular weight excluding hydrogens is 338 g/mol. The number of hydrogen-bond acceptors (Lipinski definition) is 3. The molecule has 4 nitrogen and oxygen atoms in total. The highest BCUT2D eigenvalue weighted by Gasteiger charge is 2.17. The topological polar surface area (TPSA) is 69.6 Å². The van der Waals surface area contributed by atoms with Gasteiger partial charge >= 0.3 is 0 Å². The molecule has 0 saturated carbocycles. The van der Waals surface area contributed by atoms with Gasteiger partial charge in [0.15, 0.2) is 0 Å². The van der Waals surface area contributed by atoms with Crippen LogP contribution in [0.25, 0.3) is 0 Å². The van der Waals surface area contributed by atoms with E-state index in [-0.39, 0.29) is 12.5 Å². The van der Waals surface area contributed by atoms with Gasteiger partial charge in [0.1, 0.15) is 0 Å². The minimum absolute atomic E-state index is 0.0768. The van der Waals surface area contributed by atoms with E-state index in [1.807, 2.05) is 6.08 Å². The molecule has 27 heavy (non-hydrogen) atoms. The summed E-state index contributed by atoms with van der Waals surface area (Å²) < 4.78 is 0. The van der Waals surface area contributed by atoms with Gasteiger partial charge in [-0.1, -0.05) is 96.6 Å². The summed E-state index contributed by atoms with van der Waals surface area (Å²) in [5.74, 6) is -0.0768. The molecule has 0 heterocycles. The highest BCUT2D eigenvalue weighted by Crippen LogP contribution is 2.11. The first kappa shape index (κ1) is 26.1. The molecule has 4 heteroatoms. The van der Waals surface area contributed by atoms with Crippen LogP contribution in [-0.2, 0) is 4.79 Å². The van der Waals surface area contributed by atoms with Gasteiger partial charge < -0.3 is 15.5 Å². The fraction of sp³-hybridized carbons (Fsp3) is 0.870. The van der Waals surface area contributed by atoms with Crippen LogP contribution in [-0.4, -0.2) is 34.9 Å². The predicted molar refractivity (Wildman–Crippen MR) is 115 cm³/mol. The number of amides is 1. The summed E-state index contributed by atoms with van der Waals surface area (Å²) in [6, 6.07) is -0.608. The molecule has 1 amide bonds. The van der Waals surface area contributed by atoms with Crippen molar-refractivity contribution in [1.82, 2.24) is 5.32 Å². The van der Waals surface area contributed by atoms with Crippen molar-refractivity contribution in [2.24, 2.45) is 0 Å². The van der Waals surface area contributed by atoms with Crippen LogP contribution >= 0.6 is 0 Å². The molecule has 0 aliphatic carbocycles. The molecule has 3 N–H and O–H groups in total. The Bertz CT molecular complexity index is 358. The summed E-state index contributed by atoms with van der Waals surface area (Å²) in [6.07, 6.45) is 20.1. The van der Waals surface area contributed by atoms with Crippen molar-refractivity contribution in [3.05, 3.63) is 12.2 Å². The lowest BCUT2D eigenvalue weighted by molar-refractivity contribution is -0.123. The molecule has 0 aromatic carbocycles. The maximum absolute atomic E-state index is 12.0.